The number of benzene rings is 2. The van der Waals surface area contributed by atoms with Gasteiger partial charge < -0.3 is 5.73 Å². The molecule has 1 aliphatic heterocycles. The van der Waals surface area contributed by atoms with Crippen molar-refractivity contribution in [1.82, 2.24) is 0 Å². The standard InChI is InChI=1S/C24H21BrFN3O/c1-24(2)11-19-22(20(30)12-24)21(14-3-7-16(26)8-4-14)18(13-27)23(28)29(19)17-9-5-15(25)6-10-17/h3-10,21H,11-12,28H2,1-2H3. The predicted octanol–water partition coefficient (Wildman–Crippen LogP) is 5.53. The number of hydrogen-bond donors (Lipinski definition) is 1. The zero-order valence-corrected chi connectivity index (χ0v) is 18.3. The third-order valence-electron chi connectivity index (χ3n) is 5.67. The van der Waals surface area contributed by atoms with E-state index < -0.39 is 5.92 Å². The lowest BCUT2D eigenvalue weighted by Crippen LogP contribution is -2.42. The quantitative estimate of drug-likeness (QED) is 0.632. The third-order valence-corrected chi connectivity index (χ3v) is 6.20. The molecule has 152 valence electrons. The first kappa shape index (κ1) is 20.4. The molecule has 0 fully saturated rings. The van der Waals surface area contributed by atoms with Crippen LogP contribution < -0.4 is 10.6 Å². The smallest absolute Gasteiger partial charge is 0.162 e. The topological polar surface area (TPSA) is 70.1 Å². The molecule has 1 unspecified atom stereocenters. The van der Waals surface area contributed by atoms with E-state index in [2.05, 4.69) is 35.8 Å². The highest BCUT2D eigenvalue weighted by Crippen LogP contribution is 2.50. The van der Waals surface area contributed by atoms with Crippen LogP contribution in [0.25, 0.3) is 0 Å². The number of halogens is 2. The summed E-state index contributed by atoms with van der Waals surface area (Å²) in [6.07, 6.45) is 1.03. The van der Waals surface area contributed by atoms with Crippen LogP contribution in [0.1, 0.15) is 38.2 Å². The summed E-state index contributed by atoms with van der Waals surface area (Å²) in [5.41, 5.74) is 9.49. The summed E-state index contributed by atoms with van der Waals surface area (Å²) in [7, 11) is 0. The van der Waals surface area contributed by atoms with Crippen molar-refractivity contribution < 1.29 is 9.18 Å². The number of nitrogens with two attached hydrogens (primary N) is 1. The molecule has 0 saturated heterocycles. The predicted molar refractivity (Wildman–Crippen MR) is 118 cm³/mol. The molecule has 0 spiro atoms. The molecule has 1 heterocycles. The first-order chi connectivity index (χ1) is 14.2. The molecule has 0 aromatic heterocycles. The Balaban J connectivity index is 1.98. The average Bonchev–Trinajstić information content (AvgIpc) is 2.68. The summed E-state index contributed by atoms with van der Waals surface area (Å²) < 4.78 is 14.5. The fraction of sp³-hybridized carbons (Fsp3) is 0.250. The minimum atomic E-state index is -0.596. The molecule has 0 bridgehead atoms. The summed E-state index contributed by atoms with van der Waals surface area (Å²) in [5, 5.41) is 10.0. The van der Waals surface area contributed by atoms with Crippen LogP contribution in [0.2, 0.25) is 0 Å². The molecule has 1 atom stereocenters. The minimum absolute atomic E-state index is 0.00191. The summed E-state index contributed by atoms with van der Waals surface area (Å²) in [6.45, 7) is 4.11. The van der Waals surface area contributed by atoms with E-state index in [0.717, 1.165) is 15.9 Å². The first-order valence-corrected chi connectivity index (χ1v) is 10.5. The Bertz CT molecular complexity index is 1120. The molecule has 2 N–H and O–H groups in total. The zero-order valence-electron chi connectivity index (χ0n) is 16.7. The van der Waals surface area contributed by atoms with Gasteiger partial charge in [-0.15, -0.1) is 0 Å². The van der Waals surface area contributed by atoms with E-state index in [9.17, 15) is 14.4 Å². The number of nitriles is 1. The van der Waals surface area contributed by atoms with Gasteiger partial charge in [0.25, 0.3) is 0 Å². The van der Waals surface area contributed by atoms with Crippen LogP contribution in [-0.2, 0) is 4.79 Å². The van der Waals surface area contributed by atoms with Gasteiger partial charge in [-0.3, -0.25) is 9.69 Å². The van der Waals surface area contributed by atoms with E-state index in [1.165, 1.54) is 12.1 Å². The van der Waals surface area contributed by atoms with Gasteiger partial charge in [0.1, 0.15) is 11.6 Å². The van der Waals surface area contributed by atoms with Crippen LogP contribution in [0, 0.1) is 22.6 Å². The number of carbonyl (C=O) groups excluding carboxylic acids is 1. The summed E-state index contributed by atoms with van der Waals surface area (Å²) >= 11 is 3.44. The van der Waals surface area contributed by atoms with E-state index in [0.29, 0.717) is 35.4 Å². The van der Waals surface area contributed by atoms with Crippen molar-refractivity contribution >= 4 is 27.4 Å². The lowest BCUT2D eigenvalue weighted by Gasteiger charge is -2.43. The third kappa shape index (κ3) is 3.44. The van der Waals surface area contributed by atoms with Gasteiger partial charge in [0, 0.05) is 27.9 Å². The Labute approximate surface area is 183 Å². The molecule has 0 saturated carbocycles. The van der Waals surface area contributed by atoms with Crippen LogP contribution in [-0.4, -0.2) is 5.78 Å². The maximum absolute atomic E-state index is 13.5. The number of ketones is 1. The van der Waals surface area contributed by atoms with E-state index in [1.807, 2.05) is 29.2 Å². The second-order valence-electron chi connectivity index (χ2n) is 8.51. The van der Waals surface area contributed by atoms with Gasteiger partial charge in [-0.2, -0.15) is 5.26 Å². The molecule has 0 amide bonds. The van der Waals surface area contributed by atoms with Crippen LogP contribution in [0.4, 0.5) is 10.1 Å². The summed E-state index contributed by atoms with van der Waals surface area (Å²) in [6, 6.07) is 15.8. The highest BCUT2D eigenvalue weighted by molar-refractivity contribution is 9.10. The van der Waals surface area contributed by atoms with Gasteiger partial charge in [0.05, 0.1) is 17.6 Å². The van der Waals surface area contributed by atoms with Gasteiger partial charge in [0.2, 0.25) is 0 Å². The molecule has 2 aromatic rings. The summed E-state index contributed by atoms with van der Waals surface area (Å²) in [5.74, 6) is -0.663. The summed E-state index contributed by atoms with van der Waals surface area (Å²) in [4.78, 5) is 15.2. The fourth-order valence-electron chi connectivity index (χ4n) is 4.38. The van der Waals surface area contributed by atoms with E-state index >= 15 is 0 Å². The molecule has 30 heavy (non-hydrogen) atoms. The maximum atomic E-state index is 13.5. The first-order valence-electron chi connectivity index (χ1n) is 9.69. The lowest BCUT2D eigenvalue weighted by atomic mass is 9.68. The van der Waals surface area contributed by atoms with Crippen molar-refractivity contribution in [2.24, 2.45) is 11.1 Å². The molecule has 0 radical (unpaired) electrons. The van der Waals surface area contributed by atoms with Crippen molar-refractivity contribution in [2.45, 2.75) is 32.6 Å². The molecule has 4 nitrogen and oxygen atoms in total. The fourth-order valence-corrected chi connectivity index (χ4v) is 4.65. The zero-order chi connectivity index (χ0) is 21.6. The second-order valence-corrected chi connectivity index (χ2v) is 9.42. The molecule has 1 aliphatic carbocycles. The number of hydrogen-bond acceptors (Lipinski definition) is 4. The number of carbonyl (C=O) groups is 1. The number of anilines is 1. The molecule has 2 aliphatic rings. The van der Waals surface area contributed by atoms with Crippen LogP contribution >= 0.6 is 15.9 Å². The average molecular weight is 466 g/mol. The van der Waals surface area contributed by atoms with Crippen molar-refractivity contribution in [3.05, 3.63) is 87.0 Å². The van der Waals surface area contributed by atoms with Crippen molar-refractivity contribution in [3.8, 4) is 6.07 Å². The van der Waals surface area contributed by atoms with Crippen molar-refractivity contribution in [2.75, 3.05) is 4.90 Å². The Morgan fingerprint density at radius 1 is 1.13 bits per heavy atom. The highest BCUT2D eigenvalue weighted by Gasteiger charge is 2.44. The lowest BCUT2D eigenvalue weighted by molar-refractivity contribution is -0.118. The van der Waals surface area contributed by atoms with E-state index in [1.54, 1.807) is 12.1 Å². The molecule has 4 rings (SSSR count). The van der Waals surface area contributed by atoms with Gasteiger partial charge >= 0.3 is 0 Å². The Kier molecular flexibility index (Phi) is 5.03. The molecular formula is C24H21BrFN3O. The molecule has 6 heteroatoms. The highest BCUT2D eigenvalue weighted by atomic mass is 79.9. The second kappa shape index (κ2) is 7.41. The number of nitrogens with zero attached hydrogens (tertiary/aromatic N) is 2. The van der Waals surface area contributed by atoms with E-state index in [4.69, 9.17) is 5.73 Å². The van der Waals surface area contributed by atoms with Crippen molar-refractivity contribution in [1.29, 1.82) is 5.26 Å². The number of rotatable bonds is 2. The Morgan fingerprint density at radius 2 is 1.77 bits per heavy atom. The van der Waals surface area contributed by atoms with Crippen molar-refractivity contribution in [3.63, 3.8) is 0 Å². The number of Topliss-reactive ketones (excluding diaryl/α,β-unsaturated/α-hetero) is 1. The van der Waals surface area contributed by atoms with Crippen LogP contribution in [0.3, 0.4) is 0 Å². The van der Waals surface area contributed by atoms with Gasteiger partial charge in [-0.1, -0.05) is 41.9 Å². The largest absolute Gasteiger partial charge is 0.384 e. The van der Waals surface area contributed by atoms with Crippen LogP contribution in [0.15, 0.2) is 75.7 Å². The minimum Gasteiger partial charge on any atom is -0.384 e. The Hall–Kier alpha value is -2.91. The van der Waals surface area contributed by atoms with Gasteiger partial charge in [0.15, 0.2) is 5.78 Å². The van der Waals surface area contributed by atoms with E-state index in [-0.39, 0.29) is 17.0 Å². The van der Waals surface area contributed by atoms with Gasteiger partial charge in [-0.05, 0) is 53.8 Å². The normalized spacial score (nSPS) is 20.8. The van der Waals surface area contributed by atoms with Gasteiger partial charge in [-0.25, -0.2) is 4.39 Å². The van der Waals surface area contributed by atoms with Crippen LogP contribution in [0.5, 0.6) is 0 Å². The molecule has 2 aromatic carbocycles. The molecular weight excluding hydrogens is 445 g/mol. The monoisotopic (exact) mass is 465 g/mol. The SMILES string of the molecule is CC1(C)CC(=O)C2=C(C1)N(c1ccc(Br)cc1)C(N)=C(C#N)C2c1ccc(F)cc1. The Morgan fingerprint density at radius 3 is 2.37 bits per heavy atom. The number of allylic oxidation sites excluding steroid dienone is 3. The maximum Gasteiger partial charge on any atom is 0.162 e.